The van der Waals surface area contributed by atoms with E-state index in [0.717, 1.165) is 13.0 Å². The third kappa shape index (κ3) is 2.47. The lowest BCUT2D eigenvalue weighted by molar-refractivity contribution is -0.123. The van der Waals surface area contributed by atoms with Crippen molar-refractivity contribution < 1.29 is 4.79 Å². The number of nitriles is 1. The number of rotatable bonds is 2. The van der Waals surface area contributed by atoms with Crippen LogP contribution in [0.3, 0.4) is 0 Å². The fourth-order valence-corrected chi connectivity index (χ4v) is 2.14. The van der Waals surface area contributed by atoms with Gasteiger partial charge in [-0.2, -0.15) is 5.26 Å². The summed E-state index contributed by atoms with van der Waals surface area (Å²) in [6.45, 7) is 3.47. The van der Waals surface area contributed by atoms with Crippen LogP contribution in [0.4, 0.5) is 5.69 Å². The van der Waals surface area contributed by atoms with E-state index in [9.17, 15) is 4.79 Å². The Morgan fingerprint density at radius 2 is 2.39 bits per heavy atom. The summed E-state index contributed by atoms with van der Waals surface area (Å²) in [6, 6.07) is 6.90. The SMILES string of the molecule is CC1(C(=O)Nc2ccc(Cl)c(C#N)c2)CCNC1. The Morgan fingerprint density at radius 3 is 3.00 bits per heavy atom. The van der Waals surface area contributed by atoms with Gasteiger partial charge in [-0.1, -0.05) is 11.6 Å². The molecule has 0 aliphatic carbocycles. The average molecular weight is 264 g/mol. The topological polar surface area (TPSA) is 64.9 Å². The van der Waals surface area contributed by atoms with Crippen LogP contribution in [0.5, 0.6) is 0 Å². The first-order valence-electron chi connectivity index (χ1n) is 5.77. The molecule has 2 rings (SSSR count). The van der Waals surface area contributed by atoms with Gasteiger partial charge in [-0.15, -0.1) is 0 Å². The Kier molecular flexibility index (Phi) is 3.55. The van der Waals surface area contributed by atoms with Crippen molar-refractivity contribution in [1.29, 1.82) is 5.26 Å². The molecule has 5 heteroatoms. The van der Waals surface area contributed by atoms with Crippen LogP contribution in [-0.2, 0) is 4.79 Å². The summed E-state index contributed by atoms with van der Waals surface area (Å²) < 4.78 is 0. The van der Waals surface area contributed by atoms with E-state index in [1.54, 1.807) is 18.2 Å². The fraction of sp³-hybridized carbons (Fsp3) is 0.385. The van der Waals surface area contributed by atoms with Gasteiger partial charge in [0.15, 0.2) is 0 Å². The number of carbonyl (C=O) groups is 1. The quantitative estimate of drug-likeness (QED) is 0.859. The van der Waals surface area contributed by atoms with Gasteiger partial charge in [0.05, 0.1) is 16.0 Å². The van der Waals surface area contributed by atoms with Crippen molar-refractivity contribution in [1.82, 2.24) is 5.32 Å². The van der Waals surface area contributed by atoms with Gasteiger partial charge in [0.25, 0.3) is 0 Å². The summed E-state index contributed by atoms with van der Waals surface area (Å²) in [7, 11) is 0. The zero-order valence-electron chi connectivity index (χ0n) is 10.1. The predicted octanol–water partition coefficient (Wildman–Crippen LogP) is 2.15. The first kappa shape index (κ1) is 12.9. The van der Waals surface area contributed by atoms with Crippen molar-refractivity contribution in [2.45, 2.75) is 13.3 Å². The number of hydrogen-bond donors (Lipinski definition) is 2. The smallest absolute Gasteiger partial charge is 0.231 e. The lowest BCUT2D eigenvalue weighted by atomic mass is 9.88. The Balaban J connectivity index is 2.15. The van der Waals surface area contributed by atoms with Gasteiger partial charge in [0, 0.05) is 12.2 Å². The maximum Gasteiger partial charge on any atom is 0.231 e. The second-order valence-electron chi connectivity index (χ2n) is 4.75. The van der Waals surface area contributed by atoms with Crippen molar-refractivity contribution >= 4 is 23.2 Å². The standard InChI is InChI=1S/C13H14ClN3O/c1-13(4-5-16-8-13)12(18)17-10-2-3-11(14)9(6-10)7-15/h2-3,6,16H,4-5,8H2,1H3,(H,17,18). The molecule has 0 aromatic heterocycles. The summed E-state index contributed by atoms with van der Waals surface area (Å²) in [5.74, 6) is -0.0290. The van der Waals surface area contributed by atoms with Crippen LogP contribution in [0.15, 0.2) is 18.2 Å². The molecule has 0 saturated carbocycles. The largest absolute Gasteiger partial charge is 0.326 e. The lowest BCUT2D eigenvalue weighted by Crippen LogP contribution is -2.35. The first-order chi connectivity index (χ1) is 8.55. The molecule has 1 amide bonds. The molecule has 94 valence electrons. The van der Waals surface area contributed by atoms with Crippen molar-refractivity contribution in [3.8, 4) is 6.07 Å². The molecule has 1 aliphatic rings. The van der Waals surface area contributed by atoms with Gasteiger partial charge < -0.3 is 10.6 Å². The minimum absolute atomic E-state index is 0.0290. The number of halogens is 1. The molecule has 1 heterocycles. The molecule has 2 N–H and O–H groups in total. The number of hydrogen-bond acceptors (Lipinski definition) is 3. The van der Waals surface area contributed by atoms with E-state index >= 15 is 0 Å². The van der Waals surface area contributed by atoms with Gasteiger partial charge in [-0.3, -0.25) is 4.79 Å². The highest BCUT2D eigenvalue weighted by Gasteiger charge is 2.36. The summed E-state index contributed by atoms with van der Waals surface area (Å²) in [5, 5.41) is 15.3. The van der Waals surface area contributed by atoms with Crippen LogP contribution in [0.2, 0.25) is 5.02 Å². The molecular formula is C13H14ClN3O. The van der Waals surface area contributed by atoms with Gasteiger partial charge >= 0.3 is 0 Å². The van der Waals surface area contributed by atoms with E-state index in [1.165, 1.54) is 0 Å². The maximum absolute atomic E-state index is 12.2. The van der Waals surface area contributed by atoms with Crippen LogP contribution in [0.25, 0.3) is 0 Å². The monoisotopic (exact) mass is 263 g/mol. The Morgan fingerprint density at radius 1 is 1.61 bits per heavy atom. The van der Waals surface area contributed by atoms with Crippen LogP contribution in [0.1, 0.15) is 18.9 Å². The highest BCUT2D eigenvalue weighted by atomic mass is 35.5. The lowest BCUT2D eigenvalue weighted by Gasteiger charge is -2.21. The van der Waals surface area contributed by atoms with Crippen molar-refractivity contribution in [2.24, 2.45) is 5.41 Å². The number of nitrogens with zero attached hydrogens (tertiary/aromatic N) is 1. The van der Waals surface area contributed by atoms with Gasteiger partial charge in [-0.05, 0) is 38.1 Å². The summed E-state index contributed by atoms with van der Waals surface area (Å²) in [5.41, 5.74) is 0.588. The zero-order valence-corrected chi connectivity index (χ0v) is 10.8. The summed E-state index contributed by atoms with van der Waals surface area (Å²) in [4.78, 5) is 12.2. The molecular weight excluding hydrogens is 250 g/mol. The van der Waals surface area contributed by atoms with E-state index in [2.05, 4.69) is 10.6 Å². The average Bonchev–Trinajstić information content (AvgIpc) is 2.80. The van der Waals surface area contributed by atoms with Gasteiger partial charge in [0.1, 0.15) is 6.07 Å². The van der Waals surface area contributed by atoms with Crippen LogP contribution in [0, 0.1) is 16.7 Å². The molecule has 1 unspecified atom stereocenters. The Hall–Kier alpha value is -1.57. The van der Waals surface area contributed by atoms with Crippen LogP contribution in [-0.4, -0.2) is 19.0 Å². The number of benzene rings is 1. The highest BCUT2D eigenvalue weighted by molar-refractivity contribution is 6.31. The molecule has 0 bridgehead atoms. The van der Waals surface area contributed by atoms with Gasteiger partial charge in [0.2, 0.25) is 5.91 Å². The van der Waals surface area contributed by atoms with E-state index in [-0.39, 0.29) is 11.3 Å². The second-order valence-corrected chi connectivity index (χ2v) is 5.16. The molecule has 1 aromatic carbocycles. The number of nitrogens with one attached hydrogen (secondary N) is 2. The minimum Gasteiger partial charge on any atom is -0.326 e. The molecule has 1 aromatic rings. The Labute approximate surface area is 111 Å². The summed E-state index contributed by atoms with van der Waals surface area (Å²) in [6.07, 6.45) is 0.817. The zero-order chi connectivity index (χ0) is 13.2. The van der Waals surface area contributed by atoms with Crippen LogP contribution >= 0.6 is 11.6 Å². The third-order valence-electron chi connectivity index (χ3n) is 3.26. The van der Waals surface area contributed by atoms with E-state index in [1.807, 2.05) is 13.0 Å². The number of anilines is 1. The molecule has 0 radical (unpaired) electrons. The van der Waals surface area contributed by atoms with Crippen molar-refractivity contribution in [3.05, 3.63) is 28.8 Å². The fourth-order valence-electron chi connectivity index (χ4n) is 1.98. The second kappa shape index (κ2) is 4.97. The van der Waals surface area contributed by atoms with Crippen molar-refractivity contribution in [2.75, 3.05) is 18.4 Å². The predicted molar refractivity (Wildman–Crippen MR) is 70.4 cm³/mol. The molecule has 4 nitrogen and oxygen atoms in total. The van der Waals surface area contributed by atoms with E-state index < -0.39 is 0 Å². The molecule has 1 saturated heterocycles. The summed E-state index contributed by atoms with van der Waals surface area (Å²) >= 11 is 5.84. The molecule has 1 fully saturated rings. The first-order valence-corrected chi connectivity index (χ1v) is 6.15. The van der Waals surface area contributed by atoms with E-state index in [4.69, 9.17) is 16.9 Å². The minimum atomic E-state index is -0.382. The molecule has 1 atom stereocenters. The normalized spacial score (nSPS) is 22.5. The molecule has 18 heavy (non-hydrogen) atoms. The molecule has 0 spiro atoms. The number of amides is 1. The third-order valence-corrected chi connectivity index (χ3v) is 3.59. The number of carbonyl (C=O) groups excluding carboxylic acids is 1. The van der Waals surface area contributed by atoms with Crippen LogP contribution < -0.4 is 10.6 Å². The highest BCUT2D eigenvalue weighted by Crippen LogP contribution is 2.27. The molecule has 1 aliphatic heterocycles. The van der Waals surface area contributed by atoms with Gasteiger partial charge in [-0.25, -0.2) is 0 Å². The maximum atomic E-state index is 12.2. The van der Waals surface area contributed by atoms with Crippen molar-refractivity contribution in [3.63, 3.8) is 0 Å². The Bertz CT molecular complexity index is 515. The van der Waals surface area contributed by atoms with E-state index in [0.29, 0.717) is 22.8 Å².